The standard InChI is InChI=1S/C25H22F3N5O2/c26-25(27,28)20-11-16(4-5-17(20)14-32-10-7-19(34)15-32)24(35)31-18-6-8-29-21(12-18)22-13-30-23-3-1-2-9-33(22)23/h1-6,8-9,11-13,19,34H,7,10,14-15H2,(H,29,31,35)/t19-/m1/s1. The van der Waals surface area contributed by atoms with Crippen LogP contribution in [0.1, 0.15) is 27.9 Å². The highest BCUT2D eigenvalue weighted by Crippen LogP contribution is 2.34. The van der Waals surface area contributed by atoms with E-state index in [2.05, 4.69) is 15.3 Å². The minimum absolute atomic E-state index is 0.0564. The summed E-state index contributed by atoms with van der Waals surface area (Å²) in [5.41, 5.74) is 1.52. The van der Waals surface area contributed by atoms with Crippen LogP contribution < -0.4 is 5.32 Å². The Bertz CT molecular complexity index is 1390. The number of likely N-dealkylation sites (tertiary alicyclic amines) is 1. The molecule has 4 heterocycles. The maximum atomic E-state index is 13.8. The number of carbonyl (C=O) groups excluding carboxylic acids is 1. The molecule has 10 heteroatoms. The van der Waals surface area contributed by atoms with E-state index in [1.54, 1.807) is 23.2 Å². The number of aliphatic hydroxyl groups is 1. The zero-order chi connectivity index (χ0) is 24.6. The van der Waals surface area contributed by atoms with Crippen molar-refractivity contribution in [3.63, 3.8) is 0 Å². The SMILES string of the molecule is O=C(Nc1ccnc(-c2cnc3ccccn23)c1)c1ccc(CN2CC[C@@H](O)C2)c(C(F)(F)F)c1. The molecular weight excluding hydrogens is 459 g/mol. The Morgan fingerprint density at radius 2 is 2.00 bits per heavy atom. The number of hydrogen-bond acceptors (Lipinski definition) is 5. The van der Waals surface area contributed by atoms with Gasteiger partial charge in [-0.1, -0.05) is 12.1 Å². The largest absolute Gasteiger partial charge is 0.416 e. The van der Waals surface area contributed by atoms with E-state index in [9.17, 15) is 23.1 Å². The molecule has 0 saturated carbocycles. The Morgan fingerprint density at radius 3 is 2.77 bits per heavy atom. The van der Waals surface area contributed by atoms with Gasteiger partial charge < -0.3 is 10.4 Å². The Morgan fingerprint density at radius 1 is 1.14 bits per heavy atom. The number of β-amino-alcohol motifs (C(OH)–C–C–N with tert-alkyl or cyclic N) is 1. The maximum Gasteiger partial charge on any atom is 0.416 e. The summed E-state index contributed by atoms with van der Waals surface area (Å²) in [6.07, 6.45) is 0.411. The predicted octanol–water partition coefficient (Wildman–Crippen LogP) is 4.23. The number of nitrogens with one attached hydrogen (secondary N) is 1. The van der Waals surface area contributed by atoms with Crippen LogP contribution in [0, 0.1) is 0 Å². The molecule has 4 aromatic rings. The molecule has 7 nitrogen and oxygen atoms in total. The monoisotopic (exact) mass is 481 g/mol. The van der Waals surface area contributed by atoms with Gasteiger partial charge in [0.05, 0.1) is 29.3 Å². The van der Waals surface area contributed by atoms with E-state index in [1.165, 1.54) is 18.3 Å². The number of aromatic nitrogens is 3. The van der Waals surface area contributed by atoms with Crippen molar-refractivity contribution in [2.75, 3.05) is 18.4 Å². The number of halogens is 3. The third-order valence-corrected chi connectivity index (χ3v) is 6.02. The number of aliphatic hydroxyl groups excluding tert-OH is 1. The van der Waals surface area contributed by atoms with Crippen molar-refractivity contribution < 1.29 is 23.1 Å². The van der Waals surface area contributed by atoms with E-state index in [4.69, 9.17) is 0 Å². The first-order valence-electron chi connectivity index (χ1n) is 11.1. The highest BCUT2D eigenvalue weighted by Gasteiger charge is 2.35. The van der Waals surface area contributed by atoms with Gasteiger partial charge in [-0.3, -0.25) is 19.1 Å². The Kier molecular flexibility index (Phi) is 6.00. The van der Waals surface area contributed by atoms with Gasteiger partial charge in [0.2, 0.25) is 0 Å². The average molecular weight is 481 g/mol. The maximum absolute atomic E-state index is 13.8. The Balaban J connectivity index is 1.38. The quantitative estimate of drug-likeness (QED) is 0.446. The molecule has 1 amide bonds. The Labute approximate surface area is 198 Å². The van der Waals surface area contributed by atoms with Crippen molar-refractivity contribution in [2.24, 2.45) is 0 Å². The van der Waals surface area contributed by atoms with Gasteiger partial charge in [0.25, 0.3) is 5.91 Å². The van der Waals surface area contributed by atoms with Crippen molar-refractivity contribution >= 4 is 17.2 Å². The first kappa shape index (κ1) is 23.0. The number of nitrogens with zero attached hydrogens (tertiary/aromatic N) is 4. The molecule has 0 spiro atoms. The first-order chi connectivity index (χ1) is 16.8. The number of imidazole rings is 1. The van der Waals surface area contributed by atoms with Crippen LogP contribution in [-0.4, -0.2) is 49.5 Å². The second kappa shape index (κ2) is 9.12. The molecule has 0 aliphatic carbocycles. The second-order valence-corrected chi connectivity index (χ2v) is 8.50. The molecule has 5 rings (SSSR count). The van der Waals surface area contributed by atoms with Crippen molar-refractivity contribution in [1.29, 1.82) is 0 Å². The molecule has 1 fully saturated rings. The fourth-order valence-corrected chi connectivity index (χ4v) is 4.29. The predicted molar refractivity (Wildman–Crippen MR) is 124 cm³/mol. The van der Waals surface area contributed by atoms with Crippen molar-refractivity contribution in [3.8, 4) is 11.4 Å². The van der Waals surface area contributed by atoms with Crippen molar-refractivity contribution in [1.82, 2.24) is 19.3 Å². The summed E-state index contributed by atoms with van der Waals surface area (Å²) >= 11 is 0. The molecule has 3 aromatic heterocycles. The normalized spacial score (nSPS) is 16.6. The van der Waals surface area contributed by atoms with Gasteiger partial charge in [-0.15, -0.1) is 0 Å². The van der Waals surface area contributed by atoms with Crippen LogP contribution in [0.5, 0.6) is 0 Å². The molecule has 1 aromatic carbocycles. The summed E-state index contributed by atoms with van der Waals surface area (Å²) in [4.78, 5) is 23.3. The van der Waals surface area contributed by atoms with E-state index in [1.807, 2.05) is 28.8 Å². The average Bonchev–Trinajstić information content (AvgIpc) is 3.44. The zero-order valence-corrected chi connectivity index (χ0v) is 18.5. The van der Waals surface area contributed by atoms with Crippen LogP contribution in [0.15, 0.2) is 67.1 Å². The van der Waals surface area contributed by atoms with Crippen molar-refractivity contribution in [2.45, 2.75) is 25.2 Å². The molecule has 1 atom stereocenters. The van der Waals surface area contributed by atoms with Gasteiger partial charge in [0, 0.05) is 43.3 Å². The number of carbonyl (C=O) groups is 1. The van der Waals surface area contributed by atoms with Gasteiger partial charge in [0.15, 0.2) is 0 Å². The second-order valence-electron chi connectivity index (χ2n) is 8.50. The summed E-state index contributed by atoms with van der Waals surface area (Å²) in [5.74, 6) is -0.658. The molecule has 0 radical (unpaired) electrons. The number of alkyl halides is 3. The molecule has 1 aliphatic heterocycles. The van der Waals surface area contributed by atoms with Gasteiger partial charge in [-0.05, 0) is 48.4 Å². The van der Waals surface area contributed by atoms with Crippen LogP contribution in [0.2, 0.25) is 0 Å². The molecule has 1 saturated heterocycles. The van der Waals surface area contributed by atoms with Gasteiger partial charge in [-0.25, -0.2) is 4.98 Å². The number of hydrogen-bond donors (Lipinski definition) is 2. The summed E-state index contributed by atoms with van der Waals surface area (Å²) in [6, 6.07) is 12.4. The van der Waals surface area contributed by atoms with E-state index >= 15 is 0 Å². The van der Waals surface area contributed by atoms with E-state index in [-0.39, 0.29) is 17.7 Å². The number of anilines is 1. The lowest BCUT2D eigenvalue weighted by Gasteiger charge is -2.20. The van der Waals surface area contributed by atoms with Crippen LogP contribution in [0.25, 0.3) is 17.0 Å². The van der Waals surface area contributed by atoms with Crippen molar-refractivity contribution in [3.05, 3.63) is 83.8 Å². The molecule has 180 valence electrons. The number of pyridine rings is 2. The number of rotatable bonds is 5. The smallest absolute Gasteiger partial charge is 0.392 e. The third-order valence-electron chi connectivity index (χ3n) is 6.02. The number of amides is 1. The minimum atomic E-state index is -4.61. The topological polar surface area (TPSA) is 82.8 Å². The lowest BCUT2D eigenvalue weighted by molar-refractivity contribution is -0.138. The Hall–Kier alpha value is -3.76. The number of fused-ring (bicyclic) bond motifs is 1. The van der Waals surface area contributed by atoms with Crippen LogP contribution >= 0.6 is 0 Å². The van der Waals surface area contributed by atoms with E-state index < -0.39 is 23.8 Å². The zero-order valence-electron chi connectivity index (χ0n) is 18.5. The highest BCUT2D eigenvalue weighted by atomic mass is 19.4. The fraction of sp³-hybridized carbons (Fsp3) is 0.240. The van der Waals surface area contributed by atoms with Crippen LogP contribution in [-0.2, 0) is 12.7 Å². The lowest BCUT2D eigenvalue weighted by atomic mass is 10.0. The minimum Gasteiger partial charge on any atom is -0.392 e. The summed E-state index contributed by atoms with van der Waals surface area (Å²) < 4.78 is 43.2. The van der Waals surface area contributed by atoms with Gasteiger partial charge in [-0.2, -0.15) is 13.2 Å². The molecule has 2 N–H and O–H groups in total. The van der Waals surface area contributed by atoms with Gasteiger partial charge in [0.1, 0.15) is 5.65 Å². The molecule has 0 bridgehead atoms. The molecular formula is C25H22F3N5O2. The van der Waals surface area contributed by atoms with Gasteiger partial charge >= 0.3 is 6.18 Å². The van der Waals surface area contributed by atoms with E-state index in [0.29, 0.717) is 36.6 Å². The first-order valence-corrected chi connectivity index (χ1v) is 11.1. The van der Waals surface area contributed by atoms with E-state index in [0.717, 1.165) is 11.7 Å². The lowest BCUT2D eigenvalue weighted by Crippen LogP contribution is -2.24. The summed E-state index contributed by atoms with van der Waals surface area (Å²) in [5, 5.41) is 12.3. The van der Waals surface area contributed by atoms with Crippen LogP contribution in [0.4, 0.5) is 18.9 Å². The summed E-state index contributed by atoms with van der Waals surface area (Å²) in [6.45, 7) is 0.911. The fourth-order valence-electron chi connectivity index (χ4n) is 4.29. The third kappa shape index (κ3) is 4.89. The molecule has 1 aliphatic rings. The molecule has 35 heavy (non-hydrogen) atoms. The number of benzene rings is 1. The molecule has 0 unspecified atom stereocenters. The van der Waals surface area contributed by atoms with Crippen LogP contribution in [0.3, 0.4) is 0 Å². The summed E-state index contributed by atoms with van der Waals surface area (Å²) in [7, 11) is 0. The highest BCUT2D eigenvalue weighted by molar-refractivity contribution is 6.04.